The summed E-state index contributed by atoms with van der Waals surface area (Å²) in [6.07, 6.45) is 9.62. The molecule has 4 nitrogen and oxygen atoms in total. The van der Waals surface area contributed by atoms with Gasteiger partial charge in [-0.05, 0) is 31.4 Å². The van der Waals surface area contributed by atoms with Crippen molar-refractivity contribution in [3.05, 3.63) is 30.7 Å². The van der Waals surface area contributed by atoms with Crippen molar-refractivity contribution in [3.63, 3.8) is 0 Å². The zero-order valence-corrected chi connectivity index (χ0v) is 10.8. The number of nitrogens with one attached hydrogen (secondary N) is 1. The quantitative estimate of drug-likeness (QED) is 0.723. The maximum atomic E-state index is 4.46. The average Bonchev–Trinajstić information content (AvgIpc) is 2.96. The Morgan fingerprint density at radius 3 is 2.84 bits per heavy atom. The van der Waals surface area contributed by atoms with Gasteiger partial charge in [-0.1, -0.05) is 0 Å². The minimum Gasteiger partial charge on any atom is -0.371 e. The lowest BCUT2D eigenvalue weighted by atomic mass is 10.1. The number of hydrogen-bond donors (Lipinski definition) is 1. The third kappa shape index (κ3) is 1.67. The van der Waals surface area contributed by atoms with Gasteiger partial charge in [-0.15, -0.1) is 0 Å². The lowest BCUT2D eigenvalue weighted by Gasteiger charge is -2.29. The van der Waals surface area contributed by atoms with Gasteiger partial charge < -0.3 is 9.88 Å². The first kappa shape index (κ1) is 10.8. The summed E-state index contributed by atoms with van der Waals surface area (Å²) >= 11 is 0. The highest BCUT2D eigenvalue weighted by Crippen LogP contribution is 2.32. The molecule has 0 amide bonds. The van der Waals surface area contributed by atoms with Crippen LogP contribution >= 0.6 is 0 Å². The predicted molar refractivity (Wildman–Crippen MR) is 77.5 cm³/mol. The number of aromatic amines is 1. The predicted octanol–water partition coefficient (Wildman–Crippen LogP) is 3.10. The van der Waals surface area contributed by atoms with E-state index in [2.05, 4.69) is 32.0 Å². The zero-order valence-electron chi connectivity index (χ0n) is 10.8. The molecule has 0 saturated carbocycles. The van der Waals surface area contributed by atoms with Crippen LogP contribution in [0.15, 0.2) is 30.7 Å². The molecule has 96 valence electrons. The Morgan fingerprint density at radius 2 is 1.95 bits per heavy atom. The van der Waals surface area contributed by atoms with Crippen LogP contribution in [-0.4, -0.2) is 28.0 Å². The van der Waals surface area contributed by atoms with Crippen LogP contribution in [0.5, 0.6) is 0 Å². The summed E-state index contributed by atoms with van der Waals surface area (Å²) in [6.45, 7) is 2.29. The van der Waals surface area contributed by atoms with E-state index in [1.807, 2.05) is 18.6 Å². The molecule has 1 saturated heterocycles. The van der Waals surface area contributed by atoms with E-state index in [1.165, 1.54) is 35.7 Å². The lowest BCUT2D eigenvalue weighted by molar-refractivity contribution is 0.579. The number of nitrogens with zero attached hydrogens (tertiary/aromatic N) is 3. The van der Waals surface area contributed by atoms with Crippen LogP contribution < -0.4 is 4.90 Å². The summed E-state index contributed by atoms with van der Waals surface area (Å²) < 4.78 is 0. The van der Waals surface area contributed by atoms with E-state index in [1.54, 1.807) is 0 Å². The molecule has 1 aliphatic rings. The molecule has 3 aromatic rings. The topological polar surface area (TPSA) is 44.8 Å². The van der Waals surface area contributed by atoms with Crippen molar-refractivity contribution in [2.45, 2.75) is 19.3 Å². The second kappa shape index (κ2) is 4.23. The Kier molecular flexibility index (Phi) is 2.40. The van der Waals surface area contributed by atoms with Gasteiger partial charge in [0.25, 0.3) is 0 Å². The summed E-state index contributed by atoms with van der Waals surface area (Å²) in [4.78, 5) is 14.6. The molecule has 0 atom stereocenters. The van der Waals surface area contributed by atoms with E-state index >= 15 is 0 Å². The molecule has 0 aromatic carbocycles. The Bertz CT molecular complexity index is 725. The molecule has 4 rings (SSSR count). The van der Waals surface area contributed by atoms with Gasteiger partial charge in [-0.2, -0.15) is 0 Å². The van der Waals surface area contributed by atoms with Crippen LogP contribution in [0, 0.1) is 0 Å². The first-order valence-electron chi connectivity index (χ1n) is 6.89. The SMILES string of the molecule is c1cc(N2CCCCC2)c2c(cnc3[nH]ccc32)n1. The molecular weight excluding hydrogens is 236 g/mol. The van der Waals surface area contributed by atoms with Gasteiger partial charge in [0.15, 0.2) is 0 Å². The van der Waals surface area contributed by atoms with Gasteiger partial charge in [0, 0.05) is 41.9 Å². The summed E-state index contributed by atoms with van der Waals surface area (Å²) in [5.74, 6) is 0. The Labute approximate surface area is 111 Å². The molecule has 0 aliphatic carbocycles. The van der Waals surface area contributed by atoms with E-state index < -0.39 is 0 Å². The van der Waals surface area contributed by atoms with Crippen molar-refractivity contribution < 1.29 is 0 Å². The summed E-state index contributed by atoms with van der Waals surface area (Å²) in [7, 11) is 0. The second-order valence-electron chi connectivity index (χ2n) is 5.14. The van der Waals surface area contributed by atoms with Gasteiger partial charge in [0.05, 0.1) is 11.7 Å². The zero-order chi connectivity index (χ0) is 12.7. The van der Waals surface area contributed by atoms with Crippen LogP contribution in [0.2, 0.25) is 0 Å². The smallest absolute Gasteiger partial charge is 0.138 e. The number of pyridine rings is 2. The fraction of sp³-hybridized carbons (Fsp3) is 0.333. The fourth-order valence-electron chi connectivity index (χ4n) is 3.03. The largest absolute Gasteiger partial charge is 0.371 e. The van der Waals surface area contributed by atoms with Gasteiger partial charge in [0.1, 0.15) is 5.65 Å². The van der Waals surface area contributed by atoms with Crippen molar-refractivity contribution in [1.29, 1.82) is 0 Å². The van der Waals surface area contributed by atoms with Crippen LogP contribution in [-0.2, 0) is 0 Å². The van der Waals surface area contributed by atoms with Crippen LogP contribution in [0.4, 0.5) is 5.69 Å². The van der Waals surface area contributed by atoms with Crippen molar-refractivity contribution >= 4 is 27.6 Å². The van der Waals surface area contributed by atoms with E-state index in [0.717, 1.165) is 24.3 Å². The third-order valence-corrected chi connectivity index (χ3v) is 3.97. The first-order chi connectivity index (χ1) is 9.43. The highest BCUT2D eigenvalue weighted by molar-refractivity contribution is 6.09. The van der Waals surface area contributed by atoms with Gasteiger partial charge in [0.2, 0.25) is 0 Å². The van der Waals surface area contributed by atoms with E-state index in [9.17, 15) is 0 Å². The molecule has 1 N–H and O–H groups in total. The minimum atomic E-state index is 0.943. The van der Waals surface area contributed by atoms with Gasteiger partial charge in [-0.25, -0.2) is 4.98 Å². The van der Waals surface area contributed by atoms with Gasteiger partial charge >= 0.3 is 0 Å². The average molecular weight is 252 g/mol. The molecule has 3 aromatic heterocycles. The Morgan fingerprint density at radius 1 is 1.05 bits per heavy atom. The number of anilines is 1. The molecular formula is C15H16N4. The number of aromatic nitrogens is 3. The fourth-order valence-corrected chi connectivity index (χ4v) is 3.03. The van der Waals surface area contributed by atoms with Crippen molar-refractivity contribution in [2.24, 2.45) is 0 Å². The first-order valence-corrected chi connectivity index (χ1v) is 6.89. The number of rotatable bonds is 1. The standard InChI is InChI=1S/C15H16N4/c1-2-8-19(9-3-1)13-5-7-16-12-10-18-15-11(14(12)13)4-6-17-15/h4-7,10H,1-3,8-9H2,(H,17,18). The van der Waals surface area contributed by atoms with E-state index in [0.29, 0.717) is 0 Å². The molecule has 19 heavy (non-hydrogen) atoms. The van der Waals surface area contributed by atoms with Crippen LogP contribution in [0.1, 0.15) is 19.3 Å². The number of piperidine rings is 1. The molecule has 0 radical (unpaired) electrons. The highest BCUT2D eigenvalue weighted by atomic mass is 15.1. The highest BCUT2D eigenvalue weighted by Gasteiger charge is 2.16. The molecule has 4 heterocycles. The molecule has 4 heteroatoms. The second-order valence-corrected chi connectivity index (χ2v) is 5.14. The molecule has 1 fully saturated rings. The molecule has 1 aliphatic heterocycles. The van der Waals surface area contributed by atoms with Crippen molar-refractivity contribution in [1.82, 2.24) is 15.0 Å². The molecule has 0 bridgehead atoms. The maximum Gasteiger partial charge on any atom is 0.138 e. The third-order valence-electron chi connectivity index (χ3n) is 3.97. The minimum absolute atomic E-state index is 0.943. The lowest BCUT2D eigenvalue weighted by Crippen LogP contribution is -2.29. The molecule has 0 unspecified atom stereocenters. The molecule has 0 spiro atoms. The number of fused-ring (bicyclic) bond motifs is 3. The number of hydrogen-bond acceptors (Lipinski definition) is 3. The van der Waals surface area contributed by atoms with Crippen molar-refractivity contribution in [2.75, 3.05) is 18.0 Å². The summed E-state index contributed by atoms with van der Waals surface area (Å²) in [5, 5.41) is 2.40. The van der Waals surface area contributed by atoms with Crippen LogP contribution in [0.25, 0.3) is 21.9 Å². The van der Waals surface area contributed by atoms with Gasteiger partial charge in [-0.3, -0.25) is 4.98 Å². The number of H-pyrrole nitrogens is 1. The summed E-state index contributed by atoms with van der Waals surface area (Å²) in [5.41, 5.74) is 3.23. The monoisotopic (exact) mass is 252 g/mol. The maximum absolute atomic E-state index is 4.46. The van der Waals surface area contributed by atoms with Crippen molar-refractivity contribution in [3.8, 4) is 0 Å². The Balaban J connectivity index is 2.00. The Hall–Kier alpha value is -2.10. The van der Waals surface area contributed by atoms with E-state index in [-0.39, 0.29) is 0 Å². The normalized spacial score (nSPS) is 16.3. The summed E-state index contributed by atoms with van der Waals surface area (Å²) in [6, 6.07) is 4.24. The van der Waals surface area contributed by atoms with E-state index in [4.69, 9.17) is 0 Å². The van der Waals surface area contributed by atoms with Crippen LogP contribution in [0.3, 0.4) is 0 Å².